The molecule has 0 spiro atoms. The van der Waals surface area contributed by atoms with Crippen molar-refractivity contribution in [3.05, 3.63) is 29.2 Å². The molecule has 0 bridgehead atoms. The van der Waals surface area contributed by atoms with E-state index < -0.39 is 16.1 Å². The standard InChI is InChI=1S/C11H17N5O2S2/c1-3-12-6-9-4-5-10(19-9)20(17,18)16-8(2)11-13-7-14-15-11/h4-5,7-8,12,16H,3,6H2,1-2H3,(H,13,14,15). The smallest absolute Gasteiger partial charge is 0.250 e. The third kappa shape index (κ3) is 3.63. The maximum Gasteiger partial charge on any atom is 0.250 e. The Balaban J connectivity index is 2.08. The van der Waals surface area contributed by atoms with E-state index in [0.29, 0.717) is 16.6 Å². The van der Waals surface area contributed by atoms with E-state index in [2.05, 4.69) is 25.2 Å². The van der Waals surface area contributed by atoms with Crippen molar-refractivity contribution >= 4 is 21.4 Å². The summed E-state index contributed by atoms with van der Waals surface area (Å²) in [4.78, 5) is 4.93. The molecule has 0 fully saturated rings. The summed E-state index contributed by atoms with van der Waals surface area (Å²) in [6.45, 7) is 5.24. The maximum atomic E-state index is 12.2. The Kier molecular flexibility index (Phi) is 4.86. The number of thiophene rings is 1. The molecule has 0 aromatic carbocycles. The SMILES string of the molecule is CCNCc1ccc(S(=O)(=O)NC(C)c2ncn[nH]2)s1. The van der Waals surface area contributed by atoms with Gasteiger partial charge in [-0.2, -0.15) is 5.10 Å². The molecule has 0 saturated carbocycles. The summed E-state index contributed by atoms with van der Waals surface area (Å²) in [5.41, 5.74) is 0. The Morgan fingerprint density at radius 2 is 2.25 bits per heavy atom. The van der Waals surface area contributed by atoms with Crippen molar-refractivity contribution in [3.8, 4) is 0 Å². The quantitative estimate of drug-likeness (QED) is 0.708. The number of H-pyrrole nitrogens is 1. The van der Waals surface area contributed by atoms with Gasteiger partial charge < -0.3 is 5.32 Å². The van der Waals surface area contributed by atoms with Crippen LogP contribution in [0.5, 0.6) is 0 Å². The highest BCUT2D eigenvalue weighted by molar-refractivity contribution is 7.91. The van der Waals surface area contributed by atoms with Crippen LogP contribution >= 0.6 is 11.3 Å². The number of nitrogens with zero attached hydrogens (tertiary/aromatic N) is 2. The van der Waals surface area contributed by atoms with Crippen molar-refractivity contribution < 1.29 is 8.42 Å². The highest BCUT2D eigenvalue weighted by Crippen LogP contribution is 2.23. The van der Waals surface area contributed by atoms with Crippen LogP contribution in [0, 0.1) is 0 Å². The van der Waals surface area contributed by atoms with Crippen LogP contribution in [0.2, 0.25) is 0 Å². The molecule has 3 N–H and O–H groups in total. The van der Waals surface area contributed by atoms with Crippen LogP contribution in [0.25, 0.3) is 0 Å². The Bertz CT molecular complexity index is 636. The molecule has 0 radical (unpaired) electrons. The lowest BCUT2D eigenvalue weighted by atomic mass is 10.3. The normalized spacial score (nSPS) is 13.5. The second-order valence-corrected chi connectivity index (χ2v) is 7.32. The van der Waals surface area contributed by atoms with E-state index in [0.717, 1.165) is 11.4 Å². The molecule has 1 unspecified atom stereocenters. The van der Waals surface area contributed by atoms with Gasteiger partial charge in [0.2, 0.25) is 0 Å². The summed E-state index contributed by atoms with van der Waals surface area (Å²) in [6, 6.07) is 2.98. The van der Waals surface area contributed by atoms with Gasteiger partial charge in [0.15, 0.2) is 0 Å². The van der Waals surface area contributed by atoms with Gasteiger partial charge in [-0.3, -0.25) is 5.10 Å². The minimum absolute atomic E-state index is 0.303. The van der Waals surface area contributed by atoms with Crippen LogP contribution < -0.4 is 10.0 Å². The van der Waals surface area contributed by atoms with Crippen LogP contribution in [-0.2, 0) is 16.6 Å². The van der Waals surface area contributed by atoms with Gasteiger partial charge in [0, 0.05) is 11.4 Å². The van der Waals surface area contributed by atoms with Gasteiger partial charge in [0.05, 0.1) is 6.04 Å². The minimum atomic E-state index is -3.54. The second-order valence-electron chi connectivity index (χ2n) is 4.21. The lowest BCUT2D eigenvalue weighted by molar-refractivity contribution is 0.562. The van der Waals surface area contributed by atoms with Gasteiger partial charge in [-0.25, -0.2) is 18.1 Å². The van der Waals surface area contributed by atoms with Gasteiger partial charge in [-0.15, -0.1) is 11.3 Å². The molecule has 0 aliphatic carbocycles. The van der Waals surface area contributed by atoms with Crippen molar-refractivity contribution in [2.75, 3.05) is 6.54 Å². The fourth-order valence-corrected chi connectivity index (χ4v) is 4.17. The first kappa shape index (κ1) is 15.1. The Morgan fingerprint density at radius 1 is 1.45 bits per heavy atom. The van der Waals surface area contributed by atoms with Gasteiger partial charge in [-0.05, 0) is 25.6 Å². The molecular formula is C11H17N5O2S2. The van der Waals surface area contributed by atoms with E-state index in [4.69, 9.17) is 0 Å². The lowest BCUT2D eigenvalue weighted by Gasteiger charge is -2.10. The van der Waals surface area contributed by atoms with Crippen molar-refractivity contribution in [1.29, 1.82) is 0 Å². The van der Waals surface area contributed by atoms with E-state index in [-0.39, 0.29) is 0 Å². The largest absolute Gasteiger partial charge is 0.312 e. The molecule has 2 heterocycles. The first-order valence-electron chi connectivity index (χ1n) is 6.20. The van der Waals surface area contributed by atoms with Crippen LogP contribution in [-0.4, -0.2) is 30.1 Å². The number of hydrogen-bond acceptors (Lipinski definition) is 6. The number of aromatic amines is 1. The number of hydrogen-bond donors (Lipinski definition) is 3. The zero-order chi connectivity index (χ0) is 14.6. The molecular weight excluding hydrogens is 298 g/mol. The van der Waals surface area contributed by atoms with E-state index in [1.54, 1.807) is 13.0 Å². The van der Waals surface area contributed by atoms with Crippen molar-refractivity contribution in [2.24, 2.45) is 0 Å². The maximum absolute atomic E-state index is 12.2. The highest BCUT2D eigenvalue weighted by atomic mass is 32.2. The first-order chi connectivity index (χ1) is 9.53. The third-order valence-corrected chi connectivity index (χ3v) is 5.74. The zero-order valence-electron chi connectivity index (χ0n) is 11.3. The molecule has 2 aromatic heterocycles. The lowest BCUT2D eigenvalue weighted by Crippen LogP contribution is -2.27. The van der Waals surface area contributed by atoms with E-state index in [9.17, 15) is 8.42 Å². The Hall–Kier alpha value is -1.29. The van der Waals surface area contributed by atoms with E-state index >= 15 is 0 Å². The molecule has 0 aliphatic rings. The van der Waals surface area contributed by atoms with Gasteiger partial charge in [0.25, 0.3) is 10.0 Å². The number of nitrogens with one attached hydrogen (secondary N) is 3. The minimum Gasteiger partial charge on any atom is -0.312 e. The van der Waals surface area contributed by atoms with Gasteiger partial charge in [0.1, 0.15) is 16.4 Å². The molecule has 20 heavy (non-hydrogen) atoms. The summed E-state index contributed by atoms with van der Waals surface area (Å²) >= 11 is 1.26. The molecule has 2 rings (SSSR count). The zero-order valence-corrected chi connectivity index (χ0v) is 12.9. The molecule has 7 nitrogen and oxygen atoms in total. The predicted octanol–water partition coefficient (Wildman–Crippen LogP) is 1.02. The van der Waals surface area contributed by atoms with Crippen LogP contribution in [0.1, 0.15) is 30.6 Å². The van der Waals surface area contributed by atoms with Crippen molar-refractivity contribution in [1.82, 2.24) is 25.2 Å². The van der Waals surface area contributed by atoms with Crippen LogP contribution in [0.3, 0.4) is 0 Å². The number of aromatic nitrogens is 3. The average molecular weight is 315 g/mol. The third-order valence-electron chi connectivity index (χ3n) is 2.63. The molecule has 1 atom stereocenters. The fourth-order valence-electron chi connectivity index (χ4n) is 1.62. The average Bonchev–Trinajstić information content (AvgIpc) is 3.07. The molecule has 0 aliphatic heterocycles. The fraction of sp³-hybridized carbons (Fsp3) is 0.455. The molecule has 9 heteroatoms. The monoisotopic (exact) mass is 315 g/mol. The Morgan fingerprint density at radius 3 is 2.90 bits per heavy atom. The summed E-state index contributed by atoms with van der Waals surface area (Å²) in [5.74, 6) is 0.484. The highest BCUT2D eigenvalue weighted by Gasteiger charge is 2.21. The molecule has 0 saturated heterocycles. The van der Waals surface area contributed by atoms with Gasteiger partial charge in [-0.1, -0.05) is 6.92 Å². The topological polar surface area (TPSA) is 99.8 Å². The van der Waals surface area contributed by atoms with Crippen LogP contribution in [0.15, 0.2) is 22.7 Å². The number of rotatable bonds is 7. The summed E-state index contributed by atoms with van der Waals surface area (Å²) in [7, 11) is -3.54. The predicted molar refractivity (Wildman–Crippen MR) is 76.8 cm³/mol. The van der Waals surface area contributed by atoms with Crippen LogP contribution in [0.4, 0.5) is 0 Å². The second kappa shape index (κ2) is 6.44. The van der Waals surface area contributed by atoms with E-state index in [1.807, 2.05) is 13.0 Å². The van der Waals surface area contributed by atoms with E-state index in [1.165, 1.54) is 17.7 Å². The molecule has 2 aromatic rings. The van der Waals surface area contributed by atoms with Crippen molar-refractivity contribution in [3.63, 3.8) is 0 Å². The van der Waals surface area contributed by atoms with Crippen molar-refractivity contribution in [2.45, 2.75) is 30.6 Å². The van der Waals surface area contributed by atoms with Gasteiger partial charge >= 0.3 is 0 Å². The molecule has 110 valence electrons. The summed E-state index contributed by atoms with van der Waals surface area (Å²) in [6.07, 6.45) is 1.35. The summed E-state index contributed by atoms with van der Waals surface area (Å²) in [5, 5.41) is 9.52. The Labute approximate surface area is 121 Å². The first-order valence-corrected chi connectivity index (χ1v) is 8.50. The number of sulfonamides is 1. The molecule has 0 amide bonds. The summed E-state index contributed by atoms with van der Waals surface area (Å²) < 4.78 is 27.4.